The first-order valence-electron chi connectivity index (χ1n) is 5.83. The zero-order valence-electron chi connectivity index (χ0n) is 10.3. The minimum Gasteiger partial charge on any atom is -0.466 e. The second-order valence-electron chi connectivity index (χ2n) is 4.73. The fourth-order valence-electron chi connectivity index (χ4n) is 2.27. The Morgan fingerprint density at radius 2 is 2.24 bits per heavy atom. The highest BCUT2D eigenvalue weighted by molar-refractivity contribution is 5.73. The highest BCUT2D eigenvalue weighted by atomic mass is 16.8. The summed E-state index contributed by atoms with van der Waals surface area (Å²) in [6.45, 7) is 5.70. The standard InChI is InChI=1S/C12H18O5/c1-4-15-9(14)6-7-5-8(13)11-10(7)16-12(2,3)17-11/h5,8,10-11,13H,4,6H2,1-3H3/t8-,10-,11+/m1/s1. The van der Waals surface area contributed by atoms with Crippen molar-refractivity contribution < 1.29 is 24.1 Å². The summed E-state index contributed by atoms with van der Waals surface area (Å²) >= 11 is 0. The molecule has 0 aromatic heterocycles. The lowest BCUT2D eigenvalue weighted by molar-refractivity contribution is -0.154. The van der Waals surface area contributed by atoms with Crippen molar-refractivity contribution in [3.05, 3.63) is 11.6 Å². The van der Waals surface area contributed by atoms with Crippen molar-refractivity contribution in [1.29, 1.82) is 0 Å². The number of aliphatic hydroxyl groups is 1. The summed E-state index contributed by atoms with van der Waals surface area (Å²) in [5.74, 6) is -1.02. The monoisotopic (exact) mass is 242 g/mol. The Bertz CT molecular complexity index is 347. The molecule has 1 aliphatic carbocycles. The van der Waals surface area contributed by atoms with Crippen LogP contribution in [0.3, 0.4) is 0 Å². The number of carbonyl (C=O) groups excluding carboxylic acids is 1. The molecule has 1 N–H and O–H groups in total. The Morgan fingerprint density at radius 3 is 2.88 bits per heavy atom. The number of fused-ring (bicyclic) bond motifs is 1. The third-order valence-electron chi connectivity index (χ3n) is 2.87. The van der Waals surface area contributed by atoms with Crippen LogP contribution in [0.4, 0.5) is 0 Å². The molecule has 17 heavy (non-hydrogen) atoms. The van der Waals surface area contributed by atoms with Crippen molar-refractivity contribution in [1.82, 2.24) is 0 Å². The van der Waals surface area contributed by atoms with Crippen LogP contribution in [-0.2, 0) is 19.0 Å². The Hall–Kier alpha value is -0.910. The number of hydrogen-bond donors (Lipinski definition) is 1. The second kappa shape index (κ2) is 4.40. The SMILES string of the molecule is CCOC(=O)CC1=C[C@@H](O)[C@@H]2OC(C)(C)O[C@H]12. The number of carbonyl (C=O) groups is 1. The van der Waals surface area contributed by atoms with E-state index in [2.05, 4.69) is 0 Å². The molecule has 0 unspecified atom stereocenters. The van der Waals surface area contributed by atoms with Gasteiger partial charge in [-0.15, -0.1) is 0 Å². The van der Waals surface area contributed by atoms with Gasteiger partial charge >= 0.3 is 5.97 Å². The molecule has 96 valence electrons. The van der Waals surface area contributed by atoms with Gasteiger partial charge < -0.3 is 19.3 Å². The topological polar surface area (TPSA) is 65.0 Å². The first kappa shape index (κ1) is 12.5. The van der Waals surface area contributed by atoms with Gasteiger partial charge in [-0.3, -0.25) is 4.79 Å². The van der Waals surface area contributed by atoms with Gasteiger partial charge in [0.15, 0.2) is 5.79 Å². The third-order valence-corrected chi connectivity index (χ3v) is 2.87. The Balaban J connectivity index is 2.04. The van der Waals surface area contributed by atoms with Gasteiger partial charge in [-0.05, 0) is 26.3 Å². The van der Waals surface area contributed by atoms with E-state index in [-0.39, 0.29) is 18.5 Å². The van der Waals surface area contributed by atoms with Gasteiger partial charge in [0.05, 0.1) is 13.0 Å². The number of aliphatic hydroxyl groups excluding tert-OH is 1. The van der Waals surface area contributed by atoms with E-state index in [4.69, 9.17) is 14.2 Å². The van der Waals surface area contributed by atoms with E-state index in [1.807, 2.05) is 0 Å². The largest absolute Gasteiger partial charge is 0.466 e. The molecule has 2 rings (SSSR count). The lowest BCUT2D eigenvalue weighted by Gasteiger charge is -2.18. The number of esters is 1. The lowest BCUT2D eigenvalue weighted by atomic mass is 10.1. The minimum absolute atomic E-state index is 0.144. The summed E-state index contributed by atoms with van der Waals surface area (Å²) < 4.78 is 16.1. The maximum absolute atomic E-state index is 11.4. The van der Waals surface area contributed by atoms with Crippen molar-refractivity contribution in [3.63, 3.8) is 0 Å². The van der Waals surface area contributed by atoms with Crippen molar-refractivity contribution in [2.24, 2.45) is 0 Å². The fraction of sp³-hybridized carbons (Fsp3) is 0.750. The minimum atomic E-state index is -0.718. The van der Waals surface area contributed by atoms with Crippen LogP contribution in [0.25, 0.3) is 0 Å². The Labute approximate surface area is 100 Å². The quantitative estimate of drug-likeness (QED) is 0.584. The molecule has 0 saturated carbocycles. The van der Waals surface area contributed by atoms with Crippen molar-refractivity contribution >= 4 is 5.97 Å². The van der Waals surface area contributed by atoms with Crippen LogP contribution in [0, 0.1) is 0 Å². The van der Waals surface area contributed by atoms with Crippen LogP contribution in [0.5, 0.6) is 0 Å². The predicted molar refractivity (Wildman–Crippen MR) is 59.2 cm³/mol. The Kier molecular flexibility index (Phi) is 3.25. The average molecular weight is 242 g/mol. The van der Waals surface area contributed by atoms with Crippen LogP contribution >= 0.6 is 0 Å². The molecule has 5 nitrogen and oxygen atoms in total. The third kappa shape index (κ3) is 2.51. The van der Waals surface area contributed by atoms with E-state index >= 15 is 0 Å². The summed E-state index contributed by atoms with van der Waals surface area (Å²) in [7, 11) is 0. The van der Waals surface area contributed by atoms with Crippen LogP contribution < -0.4 is 0 Å². The van der Waals surface area contributed by atoms with Gasteiger partial charge in [0.25, 0.3) is 0 Å². The molecule has 5 heteroatoms. The molecule has 1 aliphatic heterocycles. The first-order valence-corrected chi connectivity index (χ1v) is 5.83. The number of ether oxygens (including phenoxy) is 3. The van der Waals surface area contributed by atoms with E-state index in [1.165, 1.54) is 0 Å². The molecule has 0 bridgehead atoms. The summed E-state index contributed by atoms with van der Waals surface area (Å²) in [6.07, 6.45) is 0.303. The molecule has 1 fully saturated rings. The van der Waals surface area contributed by atoms with Crippen LogP contribution in [0.1, 0.15) is 27.2 Å². The molecular weight excluding hydrogens is 224 g/mol. The van der Waals surface area contributed by atoms with Crippen LogP contribution in [0.2, 0.25) is 0 Å². The number of hydrogen-bond acceptors (Lipinski definition) is 5. The van der Waals surface area contributed by atoms with Crippen LogP contribution in [0.15, 0.2) is 11.6 Å². The van der Waals surface area contributed by atoms with Gasteiger partial charge in [-0.1, -0.05) is 6.08 Å². The Morgan fingerprint density at radius 1 is 1.53 bits per heavy atom. The zero-order chi connectivity index (χ0) is 12.6. The molecule has 1 heterocycles. The highest BCUT2D eigenvalue weighted by Crippen LogP contribution is 2.39. The van der Waals surface area contributed by atoms with E-state index in [9.17, 15) is 9.90 Å². The van der Waals surface area contributed by atoms with Crippen molar-refractivity contribution in [2.75, 3.05) is 6.61 Å². The maximum atomic E-state index is 11.4. The molecule has 3 atom stereocenters. The summed E-state index contributed by atoms with van der Waals surface area (Å²) in [4.78, 5) is 11.4. The first-order chi connectivity index (χ1) is 7.93. The van der Waals surface area contributed by atoms with Gasteiger partial charge in [0.2, 0.25) is 0 Å². The molecule has 1 saturated heterocycles. The van der Waals surface area contributed by atoms with E-state index < -0.39 is 18.0 Å². The van der Waals surface area contributed by atoms with Gasteiger partial charge in [0, 0.05) is 0 Å². The van der Waals surface area contributed by atoms with Crippen LogP contribution in [-0.4, -0.2) is 41.8 Å². The van der Waals surface area contributed by atoms with Crippen molar-refractivity contribution in [3.8, 4) is 0 Å². The molecular formula is C12H18O5. The van der Waals surface area contributed by atoms with E-state index in [1.54, 1.807) is 26.8 Å². The molecule has 0 amide bonds. The lowest BCUT2D eigenvalue weighted by Crippen LogP contribution is -2.29. The molecule has 2 aliphatic rings. The van der Waals surface area contributed by atoms with Crippen molar-refractivity contribution in [2.45, 2.75) is 51.3 Å². The van der Waals surface area contributed by atoms with Gasteiger partial charge in [0.1, 0.15) is 18.3 Å². The number of rotatable bonds is 3. The summed E-state index contributed by atoms with van der Waals surface area (Å²) in [6, 6.07) is 0. The molecule has 0 spiro atoms. The summed E-state index contributed by atoms with van der Waals surface area (Å²) in [5, 5.41) is 9.81. The second-order valence-corrected chi connectivity index (χ2v) is 4.73. The molecule has 0 radical (unpaired) electrons. The zero-order valence-corrected chi connectivity index (χ0v) is 10.3. The smallest absolute Gasteiger partial charge is 0.310 e. The van der Waals surface area contributed by atoms with Gasteiger partial charge in [-0.25, -0.2) is 0 Å². The van der Waals surface area contributed by atoms with Gasteiger partial charge in [-0.2, -0.15) is 0 Å². The normalized spacial score (nSPS) is 34.4. The van der Waals surface area contributed by atoms with E-state index in [0.29, 0.717) is 6.61 Å². The fourth-order valence-corrected chi connectivity index (χ4v) is 2.27. The highest BCUT2D eigenvalue weighted by Gasteiger charge is 2.49. The maximum Gasteiger partial charge on any atom is 0.310 e. The van der Waals surface area contributed by atoms with E-state index in [0.717, 1.165) is 5.57 Å². The average Bonchev–Trinajstić information content (AvgIpc) is 2.65. The molecule has 0 aromatic rings. The predicted octanol–water partition coefficient (Wildman–Crippen LogP) is 0.761. The molecule has 0 aromatic carbocycles. The summed E-state index contributed by atoms with van der Waals surface area (Å²) in [5.41, 5.74) is 0.742.